The maximum Gasteiger partial charge on any atom is 0.308 e. The van der Waals surface area contributed by atoms with E-state index in [0.29, 0.717) is 12.8 Å². The van der Waals surface area contributed by atoms with E-state index in [-0.39, 0.29) is 18.7 Å². The van der Waals surface area contributed by atoms with Gasteiger partial charge in [-0.25, -0.2) is 0 Å². The molecule has 0 saturated carbocycles. The van der Waals surface area contributed by atoms with Crippen LogP contribution in [0.15, 0.2) is 0 Å². The van der Waals surface area contributed by atoms with Crippen molar-refractivity contribution in [2.45, 2.75) is 70.2 Å². The van der Waals surface area contributed by atoms with Crippen molar-refractivity contribution in [3.05, 3.63) is 0 Å². The predicted octanol–water partition coefficient (Wildman–Crippen LogP) is -0.946. The van der Waals surface area contributed by atoms with Crippen molar-refractivity contribution in [1.29, 1.82) is 0 Å². The Kier molecular flexibility index (Phi) is 7.74. The summed E-state index contributed by atoms with van der Waals surface area (Å²) in [6.07, 6.45) is -3.56. The van der Waals surface area contributed by atoms with Crippen molar-refractivity contribution < 1.29 is 34.4 Å². The topological polar surface area (TPSA) is 125 Å². The molecular weight excluding hydrogens is 294 g/mol. The highest BCUT2D eigenvalue weighted by atomic mass is 16.7. The molecule has 22 heavy (non-hydrogen) atoms. The zero-order valence-corrected chi connectivity index (χ0v) is 12.9. The average molecular weight is 319 g/mol. The molecule has 0 aromatic carbocycles. The molecule has 1 unspecified atom stereocenters. The van der Waals surface area contributed by atoms with Gasteiger partial charge in [0.2, 0.25) is 12.2 Å². The molecule has 1 rings (SSSR count). The molecule has 0 bridgehead atoms. The van der Waals surface area contributed by atoms with Crippen molar-refractivity contribution in [3.63, 3.8) is 0 Å². The van der Waals surface area contributed by atoms with Crippen molar-refractivity contribution in [1.82, 2.24) is 5.32 Å². The van der Waals surface area contributed by atoms with Crippen LogP contribution in [0.2, 0.25) is 0 Å². The number of amides is 1. The minimum Gasteiger partial charge on any atom is -0.433 e. The van der Waals surface area contributed by atoms with Gasteiger partial charge in [0.15, 0.2) is 0 Å². The second-order valence-corrected chi connectivity index (χ2v) is 5.29. The molecule has 0 spiro atoms. The summed E-state index contributed by atoms with van der Waals surface area (Å²) in [5.41, 5.74) is 0. The van der Waals surface area contributed by atoms with E-state index in [1.165, 1.54) is 0 Å². The molecule has 0 aliphatic carbocycles. The van der Waals surface area contributed by atoms with E-state index in [9.17, 15) is 19.8 Å². The van der Waals surface area contributed by atoms with Crippen LogP contribution in [-0.2, 0) is 19.1 Å². The van der Waals surface area contributed by atoms with Gasteiger partial charge in [0, 0.05) is 12.8 Å². The number of rotatable bonds is 7. The number of esters is 1. The number of carbonyl (C=O) groups excluding carboxylic acids is 2. The summed E-state index contributed by atoms with van der Waals surface area (Å²) in [5.74, 6) is -0.885. The van der Waals surface area contributed by atoms with Crippen molar-refractivity contribution in [2.24, 2.45) is 0 Å². The molecule has 1 aliphatic heterocycles. The van der Waals surface area contributed by atoms with Crippen LogP contribution in [0.3, 0.4) is 0 Å². The highest BCUT2D eigenvalue weighted by Gasteiger charge is 2.46. The number of nitrogens with one attached hydrogen (secondary N) is 1. The SMILES string of the molecule is CCCC(=O)N[C@H]1C(OC(=O)CCC)O[C@H](CO)[C@@H](O)[C@@H]1O. The molecule has 0 aromatic rings. The van der Waals surface area contributed by atoms with Crippen molar-refractivity contribution in [2.75, 3.05) is 6.61 Å². The van der Waals surface area contributed by atoms with Crippen LogP contribution >= 0.6 is 0 Å². The Morgan fingerprint density at radius 2 is 1.77 bits per heavy atom. The number of aliphatic hydroxyl groups is 3. The molecule has 5 atom stereocenters. The van der Waals surface area contributed by atoms with Crippen LogP contribution in [0.25, 0.3) is 0 Å². The molecule has 1 amide bonds. The Labute approximate surface area is 129 Å². The Hall–Kier alpha value is -1.22. The first kappa shape index (κ1) is 18.8. The lowest BCUT2D eigenvalue weighted by Crippen LogP contribution is -2.65. The Balaban J connectivity index is 2.83. The van der Waals surface area contributed by atoms with E-state index >= 15 is 0 Å². The Bertz CT molecular complexity index is 376. The van der Waals surface area contributed by atoms with E-state index < -0.39 is 43.2 Å². The van der Waals surface area contributed by atoms with E-state index in [2.05, 4.69) is 5.32 Å². The third-order valence-corrected chi connectivity index (χ3v) is 3.39. The number of ether oxygens (including phenoxy) is 2. The summed E-state index contributed by atoms with van der Waals surface area (Å²) in [5, 5.41) is 31.7. The van der Waals surface area contributed by atoms with Gasteiger partial charge in [0.05, 0.1) is 6.61 Å². The fraction of sp³-hybridized carbons (Fsp3) is 0.857. The molecular formula is C14H25NO7. The minimum atomic E-state index is -1.41. The molecule has 1 aliphatic rings. The first-order valence-corrected chi connectivity index (χ1v) is 7.55. The monoisotopic (exact) mass is 319 g/mol. The van der Waals surface area contributed by atoms with E-state index in [1.54, 1.807) is 6.92 Å². The summed E-state index contributed by atoms with van der Waals surface area (Å²) >= 11 is 0. The maximum atomic E-state index is 11.7. The van der Waals surface area contributed by atoms with Gasteiger partial charge in [-0.05, 0) is 12.8 Å². The number of hydrogen-bond donors (Lipinski definition) is 4. The zero-order chi connectivity index (χ0) is 16.7. The van der Waals surface area contributed by atoms with Gasteiger partial charge in [0.25, 0.3) is 0 Å². The number of hydrogen-bond acceptors (Lipinski definition) is 7. The lowest BCUT2D eigenvalue weighted by atomic mass is 9.96. The average Bonchev–Trinajstić information content (AvgIpc) is 2.47. The van der Waals surface area contributed by atoms with Crippen LogP contribution in [0, 0.1) is 0 Å². The van der Waals surface area contributed by atoms with Crippen LogP contribution in [0.1, 0.15) is 39.5 Å². The van der Waals surface area contributed by atoms with Crippen LogP contribution in [0.4, 0.5) is 0 Å². The van der Waals surface area contributed by atoms with Gasteiger partial charge in [-0.1, -0.05) is 13.8 Å². The second-order valence-electron chi connectivity index (χ2n) is 5.29. The van der Waals surface area contributed by atoms with Gasteiger partial charge >= 0.3 is 5.97 Å². The summed E-state index contributed by atoms with van der Waals surface area (Å²) in [7, 11) is 0. The van der Waals surface area contributed by atoms with Crippen LogP contribution in [0.5, 0.6) is 0 Å². The van der Waals surface area contributed by atoms with Crippen molar-refractivity contribution >= 4 is 11.9 Å². The number of aliphatic hydroxyl groups excluding tert-OH is 3. The van der Waals surface area contributed by atoms with Crippen molar-refractivity contribution in [3.8, 4) is 0 Å². The molecule has 1 saturated heterocycles. The third kappa shape index (κ3) is 4.91. The van der Waals surface area contributed by atoms with Gasteiger partial charge < -0.3 is 30.1 Å². The molecule has 8 nitrogen and oxygen atoms in total. The maximum absolute atomic E-state index is 11.7. The lowest BCUT2D eigenvalue weighted by molar-refractivity contribution is -0.263. The minimum absolute atomic E-state index is 0.165. The molecule has 4 N–H and O–H groups in total. The highest BCUT2D eigenvalue weighted by Crippen LogP contribution is 2.22. The molecule has 8 heteroatoms. The van der Waals surface area contributed by atoms with E-state index in [4.69, 9.17) is 14.6 Å². The summed E-state index contributed by atoms with van der Waals surface area (Å²) in [6.45, 7) is 3.08. The second kappa shape index (κ2) is 9.04. The predicted molar refractivity (Wildman–Crippen MR) is 75.6 cm³/mol. The van der Waals surface area contributed by atoms with Gasteiger partial charge in [-0.15, -0.1) is 0 Å². The summed E-state index contributed by atoms with van der Waals surface area (Å²) < 4.78 is 10.4. The van der Waals surface area contributed by atoms with E-state index in [1.807, 2.05) is 6.92 Å². The quantitative estimate of drug-likeness (QED) is 0.446. The van der Waals surface area contributed by atoms with Gasteiger partial charge in [-0.3, -0.25) is 9.59 Å². The number of carbonyl (C=O) groups is 2. The Morgan fingerprint density at radius 1 is 1.14 bits per heavy atom. The standard InChI is InChI=1S/C14H25NO7/c1-3-5-9(17)15-11-13(20)12(19)8(7-16)21-14(11)22-10(18)6-4-2/h8,11-14,16,19-20H,3-7H2,1-2H3,(H,15,17)/t8-,11-,12-,13-,14?/m1/s1. The zero-order valence-electron chi connectivity index (χ0n) is 12.9. The Morgan fingerprint density at radius 3 is 2.32 bits per heavy atom. The third-order valence-electron chi connectivity index (χ3n) is 3.39. The normalized spacial score (nSPS) is 31.6. The highest BCUT2D eigenvalue weighted by molar-refractivity contribution is 5.76. The first-order chi connectivity index (χ1) is 10.4. The van der Waals surface area contributed by atoms with Crippen LogP contribution in [-0.4, -0.2) is 64.4 Å². The van der Waals surface area contributed by atoms with Gasteiger partial charge in [-0.2, -0.15) is 0 Å². The summed E-state index contributed by atoms with van der Waals surface area (Å²) in [6, 6.07) is -1.09. The molecule has 1 fully saturated rings. The smallest absolute Gasteiger partial charge is 0.308 e. The fourth-order valence-electron chi connectivity index (χ4n) is 2.21. The van der Waals surface area contributed by atoms with Crippen LogP contribution < -0.4 is 5.32 Å². The lowest BCUT2D eigenvalue weighted by Gasteiger charge is -2.41. The molecule has 0 aromatic heterocycles. The van der Waals surface area contributed by atoms with E-state index in [0.717, 1.165) is 0 Å². The summed E-state index contributed by atoms with van der Waals surface area (Å²) in [4.78, 5) is 23.4. The first-order valence-electron chi connectivity index (χ1n) is 7.55. The van der Waals surface area contributed by atoms with Gasteiger partial charge in [0.1, 0.15) is 24.4 Å². The molecule has 0 radical (unpaired) electrons. The molecule has 1 heterocycles. The molecule has 128 valence electrons. The fourth-order valence-corrected chi connectivity index (χ4v) is 2.21. The largest absolute Gasteiger partial charge is 0.433 e.